The number of hydrogen-bond donors (Lipinski definition) is 2. The van der Waals surface area contributed by atoms with Gasteiger partial charge in [0.05, 0.1) is 5.69 Å². The monoisotopic (exact) mass is 365 g/mol. The number of nitrogens with one attached hydrogen (secondary N) is 1. The van der Waals surface area contributed by atoms with Gasteiger partial charge in [-0.3, -0.25) is 4.79 Å². The van der Waals surface area contributed by atoms with Crippen LogP contribution in [-0.2, 0) is 4.79 Å². The fourth-order valence-electron chi connectivity index (χ4n) is 3.04. The Morgan fingerprint density at radius 1 is 1.29 bits per heavy atom. The quantitative estimate of drug-likeness (QED) is 0.842. The highest BCUT2D eigenvalue weighted by atomic mass is 35.5. The zero-order chi connectivity index (χ0) is 16.4. The van der Waals surface area contributed by atoms with Crippen molar-refractivity contribution < 1.29 is 4.79 Å². The van der Waals surface area contributed by atoms with Crippen LogP contribution >= 0.6 is 23.7 Å². The first-order valence-electron chi connectivity index (χ1n) is 8.17. The van der Waals surface area contributed by atoms with Gasteiger partial charge in [-0.15, -0.1) is 23.7 Å². The lowest BCUT2D eigenvalue weighted by atomic mass is 10.1. The van der Waals surface area contributed by atoms with Crippen LogP contribution in [0.25, 0.3) is 11.3 Å². The van der Waals surface area contributed by atoms with E-state index in [1.807, 2.05) is 18.2 Å². The number of aromatic nitrogens is 1. The SMILES string of the molecule is CC(C)c1sc(NC(=O)C2CCC(N)C2)nc1-c1ccccc1.Cl. The van der Waals surface area contributed by atoms with Crippen molar-refractivity contribution in [3.8, 4) is 11.3 Å². The Labute approximate surface area is 153 Å². The van der Waals surface area contributed by atoms with E-state index in [0.717, 1.165) is 30.5 Å². The third-order valence-corrected chi connectivity index (χ3v) is 5.57. The molecule has 1 aromatic heterocycles. The molecule has 0 bridgehead atoms. The number of hydrogen-bond acceptors (Lipinski definition) is 4. The van der Waals surface area contributed by atoms with Gasteiger partial charge < -0.3 is 11.1 Å². The van der Waals surface area contributed by atoms with Crippen LogP contribution in [0.15, 0.2) is 30.3 Å². The molecule has 6 heteroatoms. The van der Waals surface area contributed by atoms with Crippen LogP contribution in [0.4, 0.5) is 5.13 Å². The highest BCUT2D eigenvalue weighted by Gasteiger charge is 2.28. The van der Waals surface area contributed by atoms with Crippen LogP contribution in [-0.4, -0.2) is 16.9 Å². The van der Waals surface area contributed by atoms with Crippen molar-refractivity contribution in [2.24, 2.45) is 11.7 Å². The third-order valence-electron chi connectivity index (χ3n) is 4.30. The summed E-state index contributed by atoms with van der Waals surface area (Å²) >= 11 is 1.58. The zero-order valence-electron chi connectivity index (χ0n) is 14.0. The van der Waals surface area contributed by atoms with Crippen molar-refractivity contribution in [2.75, 3.05) is 5.32 Å². The Morgan fingerprint density at radius 3 is 2.58 bits per heavy atom. The van der Waals surface area contributed by atoms with Crippen molar-refractivity contribution in [3.63, 3.8) is 0 Å². The molecular weight excluding hydrogens is 342 g/mol. The molecule has 130 valence electrons. The minimum absolute atomic E-state index is 0. The van der Waals surface area contributed by atoms with E-state index >= 15 is 0 Å². The van der Waals surface area contributed by atoms with Crippen LogP contribution in [0.3, 0.4) is 0 Å². The summed E-state index contributed by atoms with van der Waals surface area (Å²) in [5, 5.41) is 3.70. The number of rotatable bonds is 4. The Bertz CT molecular complexity index is 687. The lowest BCUT2D eigenvalue weighted by Gasteiger charge is -2.08. The van der Waals surface area contributed by atoms with E-state index < -0.39 is 0 Å². The van der Waals surface area contributed by atoms with Crippen LogP contribution in [0.5, 0.6) is 0 Å². The summed E-state index contributed by atoms with van der Waals surface area (Å²) in [6.07, 6.45) is 2.59. The van der Waals surface area contributed by atoms with Crippen LogP contribution in [0.2, 0.25) is 0 Å². The van der Waals surface area contributed by atoms with E-state index in [2.05, 4.69) is 36.3 Å². The zero-order valence-corrected chi connectivity index (χ0v) is 15.6. The predicted octanol–water partition coefficient (Wildman–Crippen LogP) is 4.42. The molecule has 1 aromatic carbocycles. The number of amides is 1. The van der Waals surface area contributed by atoms with Crippen molar-refractivity contribution in [3.05, 3.63) is 35.2 Å². The summed E-state index contributed by atoms with van der Waals surface area (Å²) in [7, 11) is 0. The molecule has 24 heavy (non-hydrogen) atoms. The van der Waals surface area contributed by atoms with E-state index in [9.17, 15) is 4.79 Å². The number of carbonyl (C=O) groups excluding carboxylic acids is 1. The van der Waals surface area contributed by atoms with E-state index in [1.54, 1.807) is 11.3 Å². The summed E-state index contributed by atoms with van der Waals surface area (Å²) in [6, 6.07) is 10.3. The van der Waals surface area contributed by atoms with E-state index in [4.69, 9.17) is 5.73 Å². The minimum Gasteiger partial charge on any atom is -0.328 e. The molecule has 2 unspecified atom stereocenters. The predicted molar refractivity (Wildman–Crippen MR) is 103 cm³/mol. The van der Waals surface area contributed by atoms with Crippen LogP contribution in [0, 0.1) is 5.92 Å². The number of carbonyl (C=O) groups is 1. The first kappa shape index (κ1) is 18.9. The van der Waals surface area contributed by atoms with Gasteiger partial charge in [0.25, 0.3) is 0 Å². The van der Waals surface area contributed by atoms with Crippen LogP contribution in [0.1, 0.15) is 43.9 Å². The first-order valence-corrected chi connectivity index (χ1v) is 8.99. The van der Waals surface area contributed by atoms with Crippen LogP contribution < -0.4 is 11.1 Å². The molecule has 0 radical (unpaired) electrons. The number of thiazole rings is 1. The maximum absolute atomic E-state index is 12.4. The van der Waals surface area contributed by atoms with E-state index in [-0.39, 0.29) is 30.3 Å². The number of halogens is 1. The Balaban J connectivity index is 0.00000208. The molecular formula is C18H24ClN3OS. The van der Waals surface area contributed by atoms with Gasteiger partial charge in [0.1, 0.15) is 0 Å². The highest BCUT2D eigenvalue weighted by molar-refractivity contribution is 7.16. The van der Waals surface area contributed by atoms with E-state index in [1.165, 1.54) is 4.88 Å². The van der Waals surface area contributed by atoms with Crippen molar-refractivity contribution in [1.29, 1.82) is 0 Å². The fourth-order valence-corrected chi connectivity index (χ4v) is 4.03. The fraction of sp³-hybridized carbons (Fsp3) is 0.444. The molecule has 1 amide bonds. The minimum atomic E-state index is 0. The average Bonchev–Trinajstić information content (AvgIpc) is 3.15. The molecule has 0 spiro atoms. The molecule has 3 rings (SSSR count). The maximum atomic E-state index is 12.4. The van der Waals surface area contributed by atoms with Gasteiger partial charge in [0.15, 0.2) is 5.13 Å². The molecule has 2 aromatic rings. The van der Waals surface area contributed by atoms with Crippen molar-refractivity contribution >= 4 is 34.8 Å². The Kier molecular flexibility index (Phi) is 6.38. The van der Waals surface area contributed by atoms with E-state index in [0.29, 0.717) is 11.0 Å². The number of anilines is 1. The lowest BCUT2D eigenvalue weighted by Crippen LogP contribution is -2.23. The van der Waals surface area contributed by atoms with Gasteiger partial charge >= 0.3 is 0 Å². The van der Waals surface area contributed by atoms with Crippen molar-refractivity contribution in [1.82, 2.24) is 4.98 Å². The number of nitrogens with two attached hydrogens (primary N) is 1. The molecule has 2 atom stereocenters. The van der Waals surface area contributed by atoms with Gasteiger partial charge in [0, 0.05) is 22.4 Å². The number of benzene rings is 1. The largest absolute Gasteiger partial charge is 0.328 e. The second-order valence-electron chi connectivity index (χ2n) is 6.51. The average molecular weight is 366 g/mol. The summed E-state index contributed by atoms with van der Waals surface area (Å²) in [4.78, 5) is 18.3. The molecule has 0 aliphatic heterocycles. The first-order chi connectivity index (χ1) is 11.0. The third kappa shape index (κ3) is 4.15. The van der Waals surface area contributed by atoms with Gasteiger partial charge in [-0.1, -0.05) is 44.2 Å². The summed E-state index contributed by atoms with van der Waals surface area (Å²) in [5.41, 5.74) is 7.98. The Morgan fingerprint density at radius 2 is 2.00 bits per heavy atom. The van der Waals surface area contributed by atoms with Gasteiger partial charge in [-0.25, -0.2) is 4.98 Å². The molecule has 1 saturated carbocycles. The summed E-state index contributed by atoms with van der Waals surface area (Å²) < 4.78 is 0. The topological polar surface area (TPSA) is 68.0 Å². The second-order valence-corrected chi connectivity index (χ2v) is 7.54. The van der Waals surface area contributed by atoms with Gasteiger partial charge in [0.2, 0.25) is 5.91 Å². The molecule has 1 aliphatic carbocycles. The smallest absolute Gasteiger partial charge is 0.229 e. The molecule has 1 heterocycles. The van der Waals surface area contributed by atoms with Gasteiger partial charge in [-0.05, 0) is 25.2 Å². The molecule has 3 N–H and O–H groups in total. The van der Waals surface area contributed by atoms with Crippen molar-refractivity contribution in [2.45, 2.75) is 45.1 Å². The molecule has 4 nitrogen and oxygen atoms in total. The van der Waals surface area contributed by atoms with Gasteiger partial charge in [-0.2, -0.15) is 0 Å². The molecule has 0 saturated heterocycles. The lowest BCUT2D eigenvalue weighted by molar-refractivity contribution is -0.119. The highest BCUT2D eigenvalue weighted by Crippen LogP contribution is 2.36. The summed E-state index contributed by atoms with van der Waals surface area (Å²) in [5.74, 6) is 0.450. The number of nitrogens with zero attached hydrogens (tertiary/aromatic N) is 1. The second kappa shape index (κ2) is 8.10. The molecule has 1 aliphatic rings. The summed E-state index contributed by atoms with van der Waals surface area (Å²) in [6.45, 7) is 4.31. The maximum Gasteiger partial charge on any atom is 0.229 e. The standard InChI is InChI=1S/C18H23N3OS.ClH/c1-11(2)16-15(12-6-4-3-5-7-12)20-18(23-16)21-17(22)13-8-9-14(19)10-13;/h3-7,11,13-14H,8-10,19H2,1-2H3,(H,20,21,22);1H. The Hall–Kier alpha value is -1.43. The molecule has 1 fully saturated rings. The normalized spacial score (nSPS) is 20.0.